The van der Waals surface area contributed by atoms with Crippen LogP contribution in [0, 0.1) is 11.8 Å². The van der Waals surface area contributed by atoms with Gasteiger partial charge in [-0.3, -0.25) is 9.63 Å². The molecule has 0 aromatic heterocycles. The minimum Gasteiger partial charge on any atom is -0.497 e. The molecule has 158 valence electrons. The Kier molecular flexibility index (Phi) is 10.8. The molecule has 1 rings (SSSR count). The van der Waals surface area contributed by atoms with Gasteiger partial charge in [-0.15, -0.1) is 0 Å². The van der Waals surface area contributed by atoms with Gasteiger partial charge < -0.3 is 14.6 Å². The highest BCUT2D eigenvalue weighted by Crippen LogP contribution is 2.22. The molecule has 1 amide bonds. The number of methoxy groups -OCH3 is 1. The molecule has 0 aliphatic heterocycles. The zero-order valence-electron chi connectivity index (χ0n) is 18.0. The Morgan fingerprint density at radius 2 is 1.82 bits per heavy atom. The highest BCUT2D eigenvalue weighted by atomic mass is 16.7. The summed E-state index contributed by atoms with van der Waals surface area (Å²) >= 11 is 0. The number of aliphatic hydroxyl groups excluding tert-OH is 1. The normalized spacial score (nSPS) is 15.0. The lowest BCUT2D eigenvalue weighted by atomic mass is 9.87. The fraction of sp³-hybridized carbons (Fsp3) is 0.591. The van der Waals surface area contributed by atoms with Crippen LogP contribution >= 0.6 is 0 Å². The molecule has 28 heavy (non-hydrogen) atoms. The Morgan fingerprint density at radius 1 is 1.18 bits per heavy atom. The number of hydrogen-bond donors (Lipinski definition) is 1. The molecule has 0 saturated carbocycles. The topological polar surface area (TPSA) is 68.2 Å². The van der Waals surface area contributed by atoms with Crippen molar-refractivity contribution in [2.45, 2.75) is 46.3 Å². The lowest BCUT2D eigenvalue weighted by molar-refractivity contribution is -0.177. The van der Waals surface area contributed by atoms with Crippen LogP contribution in [0.1, 0.15) is 39.2 Å². The van der Waals surface area contributed by atoms with Gasteiger partial charge in [0, 0.05) is 19.6 Å². The van der Waals surface area contributed by atoms with Gasteiger partial charge in [-0.1, -0.05) is 37.6 Å². The van der Waals surface area contributed by atoms with Gasteiger partial charge in [-0.25, -0.2) is 5.06 Å². The molecule has 0 heterocycles. The van der Waals surface area contributed by atoms with Crippen molar-refractivity contribution in [2.75, 3.05) is 27.9 Å². The van der Waals surface area contributed by atoms with E-state index < -0.39 is 12.0 Å². The van der Waals surface area contributed by atoms with Crippen molar-refractivity contribution >= 4 is 5.91 Å². The second-order valence-corrected chi connectivity index (χ2v) is 7.08. The molecule has 1 aromatic rings. The maximum absolute atomic E-state index is 12.1. The molecule has 1 N–H and O–H groups in total. The highest BCUT2D eigenvalue weighted by molar-refractivity contribution is 5.77. The summed E-state index contributed by atoms with van der Waals surface area (Å²) in [5.41, 5.74) is 2.19. The number of benzene rings is 1. The van der Waals surface area contributed by atoms with E-state index in [0.717, 1.165) is 34.8 Å². The first-order chi connectivity index (χ1) is 13.3. The molecular weight excluding hydrogens is 358 g/mol. The molecule has 3 atom stereocenters. The Morgan fingerprint density at radius 3 is 2.39 bits per heavy atom. The summed E-state index contributed by atoms with van der Waals surface area (Å²) in [7, 11) is 4.63. The molecule has 6 heteroatoms. The number of aliphatic hydroxyl groups is 1. The number of hydroxylamine groups is 2. The van der Waals surface area contributed by atoms with Gasteiger partial charge in [0.1, 0.15) is 5.75 Å². The third kappa shape index (κ3) is 7.62. The Bertz CT molecular complexity index is 614. The fourth-order valence-corrected chi connectivity index (χ4v) is 2.84. The Labute approximate surface area is 169 Å². The summed E-state index contributed by atoms with van der Waals surface area (Å²) in [6.07, 6.45) is 3.12. The molecule has 1 aromatic carbocycles. The minimum atomic E-state index is -0.757. The van der Waals surface area contributed by atoms with E-state index in [1.165, 1.54) is 7.11 Å². The number of ether oxygens (including phenoxy) is 2. The van der Waals surface area contributed by atoms with E-state index in [1.807, 2.05) is 38.1 Å². The summed E-state index contributed by atoms with van der Waals surface area (Å²) in [5, 5.41) is 11.7. The summed E-state index contributed by atoms with van der Waals surface area (Å²) in [4.78, 5) is 17.0. The lowest BCUT2D eigenvalue weighted by Gasteiger charge is -2.27. The molecule has 6 nitrogen and oxygen atoms in total. The predicted molar refractivity (Wildman–Crippen MR) is 110 cm³/mol. The molecule has 0 radical (unpaired) electrons. The molecule has 0 aliphatic carbocycles. The molecule has 0 bridgehead atoms. The van der Waals surface area contributed by atoms with Gasteiger partial charge in [0.05, 0.1) is 32.8 Å². The standard InChI is InChI=1S/C22H35NO5/c1-16(17(2)21(24)18(3)22(25)23(4)27-6)9-7-8-14-28-15-19-10-12-20(26-5)13-11-19/h9-13,17-18,21,24H,7-8,14-15H2,1-6H3/b16-9+/t17-,18+,21-/m0/s1. The van der Waals surface area contributed by atoms with E-state index in [-0.39, 0.29) is 11.8 Å². The smallest absolute Gasteiger partial charge is 0.251 e. The van der Waals surface area contributed by atoms with E-state index in [9.17, 15) is 9.90 Å². The van der Waals surface area contributed by atoms with Crippen molar-refractivity contribution in [1.29, 1.82) is 0 Å². The molecule has 0 saturated heterocycles. The average molecular weight is 394 g/mol. The van der Waals surface area contributed by atoms with Crippen LogP contribution in [-0.2, 0) is 21.0 Å². The number of unbranched alkanes of at least 4 members (excludes halogenated alkanes) is 1. The van der Waals surface area contributed by atoms with Crippen molar-refractivity contribution in [1.82, 2.24) is 5.06 Å². The van der Waals surface area contributed by atoms with Gasteiger partial charge in [-0.2, -0.15) is 0 Å². The lowest BCUT2D eigenvalue weighted by Crippen LogP contribution is -2.39. The highest BCUT2D eigenvalue weighted by Gasteiger charge is 2.29. The molecule has 0 spiro atoms. The second kappa shape index (κ2) is 12.5. The molecular formula is C22H35NO5. The van der Waals surface area contributed by atoms with Crippen molar-refractivity contribution in [3.05, 3.63) is 41.5 Å². The first-order valence-corrected chi connectivity index (χ1v) is 9.68. The van der Waals surface area contributed by atoms with E-state index in [0.29, 0.717) is 13.2 Å². The van der Waals surface area contributed by atoms with Gasteiger partial charge >= 0.3 is 0 Å². The van der Waals surface area contributed by atoms with Crippen LogP contribution < -0.4 is 4.74 Å². The van der Waals surface area contributed by atoms with Crippen LogP contribution in [0.15, 0.2) is 35.9 Å². The largest absolute Gasteiger partial charge is 0.497 e. The van der Waals surface area contributed by atoms with E-state index >= 15 is 0 Å². The number of nitrogens with zero attached hydrogens (tertiary/aromatic N) is 1. The van der Waals surface area contributed by atoms with Gasteiger partial charge in [0.2, 0.25) is 0 Å². The van der Waals surface area contributed by atoms with Crippen LogP contribution in [0.3, 0.4) is 0 Å². The number of hydrogen-bond acceptors (Lipinski definition) is 5. The maximum atomic E-state index is 12.1. The molecule has 0 fully saturated rings. The summed E-state index contributed by atoms with van der Waals surface area (Å²) in [6.45, 7) is 6.89. The average Bonchev–Trinajstić information content (AvgIpc) is 2.73. The SMILES string of the molecule is COc1ccc(COCCC/C=C(\C)[C@H](C)[C@H](O)[C@@H](C)C(=O)N(C)OC)cc1. The first-order valence-electron chi connectivity index (χ1n) is 9.68. The predicted octanol–water partition coefficient (Wildman–Crippen LogP) is 3.59. The van der Waals surface area contributed by atoms with Crippen LogP contribution in [-0.4, -0.2) is 50.1 Å². The minimum absolute atomic E-state index is 0.107. The third-order valence-corrected chi connectivity index (χ3v) is 5.10. The number of allylic oxidation sites excluding steroid dienone is 1. The zero-order chi connectivity index (χ0) is 21.1. The van der Waals surface area contributed by atoms with Crippen LogP contribution in [0.4, 0.5) is 0 Å². The third-order valence-electron chi connectivity index (χ3n) is 5.10. The number of carbonyl (C=O) groups excluding carboxylic acids is 1. The summed E-state index contributed by atoms with van der Waals surface area (Å²) in [6, 6.07) is 7.84. The van der Waals surface area contributed by atoms with Gasteiger partial charge in [0.15, 0.2) is 0 Å². The fourth-order valence-electron chi connectivity index (χ4n) is 2.84. The molecule has 0 unspecified atom stereocenters. The second-order valence-electron chi connectivity index (χ2n) is 7.08. The first kappa shape index (κ1) is 24.1. The quantitative estimate of drug-likeness (QED) is 0.334. The van der Waals surface area contributed by atoms with Gasteiger partial charge in [0.25, 0.3) is 5.91 Å². The van der Waals surface area contributed by atoms with Crippen molar-refractivity contribution < 1.29 is 24.2 Å². The number of amides is 1. The molecule has 0 aliphatic rings. The van der Waals surface area contributed by atoms with Crippen LogP contribution in [0.5, 0.6) is 5.75 Å². The maximum Gasteiger partial charge on any atom is 0.251 e. The number of rotatable bonds is 12. The van der Waals surface area contributed by atoms with Crippen LogP contribution in [0.25, 0.3) is 0 Å². The van der Waals surface area contributed by atoms with E-state index in [2.05, 4.69) is 6.08 Å². The van der Waals surface area contributed by atoms with Crippen LogP contribution in [0.2, 0.25) is 0 Å². The van der Waals surface area contributed by atoms with E-state index in [1.54, 1.807) is 21.1 Å². The van der Waals surface area contributed by atoms with Crippen molar-refractivity contribution in [3.8, 4) is 5.75 Å². The number of carbonyl (C=O) groups is 1. The zero-order valence-corrected chi connectivity index (χ0v) is 18.0. The Hall–Kier alpha value is -1.89. The summed E-state index contributed by atoms with van der Waals surface area (Å²) < 4.78 is 10.8. The summed E-state index contributed by atoms with van der Waals surface area (Å²) in [5.74, 6) is -0.0345. The Balaban J connectivity index is 2.35. The monoisotopic (exact) mass is 393 g/mol. The van der Waals surface area contributed by atoms with Gasteiger partial charge in [-0.05, 0) is 37.5 Å². The van der Waals surface area contributed by atoms with E-state index in [4.69, 9.17) is 14.3 Å². The van der Waals surface area contributed by atoms with Crippen molar-refractivity contribution in [3.63, 3.8) is 0 Å². The van der Waals surface area contributed by atoms with Crippen molar-refractivity contribution in [2.24, 2.45) is 11.8 Å².